The number of nitrogens with zero attached hydrogens (tertiary/aromatic N) is 1. The fourth-order valence-electron chi connectivity index (χ4n) is 3.02. The highest BCUT2D eigenvalue weighted by atomic mass is 35.5. The van der Waals surface area contributed by atoms with Crippen LogP contribution in [0.15, 0.2) is 24.3 Å². The minimum atomic E-state index is -0.445. The van der Waals surface area contributed by atoms with Gasteiger partial charge < -0.3 is 4.90 Å². The van der Waals surface area contributed by atoms with Crippen molar-refractivity contribution in [3.05, 3.63) is 34.9 Å². The van der Waals surface area contributed by atoms with E-state index in [1.54, 1.807) is 0 Å². The van der Waals surface area contributed by atoms with Crippen molar-refractivity contribution in [3.8, 4) is 0 Å². The highest BCUT2D eigenvalue weighted by molar-refractivity contribution is 6.30. The van der Waals surface area contributed by atoms with Gasteiger partial charge in [-0.3, -0.25) is 10.1 Å². The van der Waals surface area contributed by atoms with Crippen LogP contribution in [0.5, 0.6) is 0 Å². The molecule has 1 heterocycles. The predicted octanol–water partition coefficient (Wildman–Crippen LogP) is 3.49. The van der Waals surface area contributed by atoms with Crippen molar-refractivity contribution in [2.75, 3.05) is 0 Å². The van der Waals surface area contributed by atoms with E-state index in [1.807, 2.05) is 31.2 Å². The van der Waals surface area contributed by atoms with Crippen molar-refractivity contribution in [1.29, 1.82) is 0 Å². The smallest absolute Gasteiger partial charge is 0.244 e. The van der Waals surface area contributed by atoms with Crippen LogP contribution in [-0.2, 0) is 4.79 Å². The fourth-order valence-corrected chi connectivity index (χ4v) is 3.15. The summed E-state index contributed by atoms with van der Waals surface area (Å²) in [4.78, 5) is 14.8. The average molecular weight is 293 g/mol. The van der Waals surface area contributed by atoms with Crippen LogP contribution in [0.4, 0.5) is 0 Å². The van der Waals surface area contributed by atoms with Gasteiger partial charge in [-0.05, 0) is 50.3 Å². The molecule has 0 aromatic heterocycles. The van der Waals surface area contributed by atoms with Crippen molar-refractivity contribution in [2.24, 2.45) is 0 Å². The highest BCUT2D eigenvalue weighted by Gasteiger charge is 2.50. The molecular weight excluding hydrogens is 272 g/mol. The normalized spacial score (nSPS) is 30.6. The number of rotatable bonds is 3. The monoisotopic (exact) mass is 292 g/mol. The third-order valence-corrected chi connectivity index (χ3v) is 5.05. The largest absolute Gasteiger partial charge is 0.318 e. The molecule has 1 aromatic rings. The molecule has 20 heavy (non-hydrogen) atoms. The Morgan fingerprint density at radius 2 is 2.00 bits per heavy atom. The van der Waals surface area contributed by atoms with Crippen LogP contribution in [0, 0.1) is 0 Å². The molecule has 1 saturated carbocycles. The maximum absolute atomic E-state index is 12.8. The van der Waals surface area contributed by atoms with Crippen LogP contribution < -0.4 is 5.32 Å². The quantitative estimate of drug-likeness (QED) is 0.925. The summed E-state index contributed by atoms with van der Waals surface area (Å²) < 4.78 is 0. The molecule has 1 aliphatic heterocycles. The molecule has 1 aliphatic carbocycles. The molecule has 4 heteroatoms. The van der Waals surface area contributed by atoms with Crippen LogP contribution in [-0.4, -0.2) is 22.4 Å². The Morgan fingerprint density at radius 1 is 1.35 bits per heavy atom. The first-order chi connectivity index (χ1) is 9.55. The second-order valence-corrected chi connectivity index (χ2v) is 6.52. The first-order valence-corrected chi connectivity index (χ1v) is 7.79. The number of benzene rings is 1. The average Bonchev–Trinajstić information content (AvgIpc) is 2.64. The van der Waals surface area contributed by atoms with Crippen molar-refractivity contribution in [3.63, 3.8) is 0 Å². The molecule has 0 spiro atoms. The molecule has 1 amide bonds. The Labute approximate surface area is 125 Å². The van der Waals surface area contributed by atoms with Gasteiger partial charge in [0.2, 0.25) is 5.91 Å². The zero-order chi connectivity index (χ0) is 14.3. The van der Waals surface area contributed by atoms with Gasteiger partial charge in [0.15, 0.2) is 0 Å². The minimum absolute atomic E-state index is 0.0185. The maximum atomic E-state index is 12.8. The lowest BCUT2D eigenvalue weighted by molar-refractivity contribution is -0.136. The second kappa shape index (κ2) is 5.05. The number of carbonyl (C=O) groups is 1. The van der Waals surface area contributed by atoms with Gasteiger partial charge in [-0.25, -0.2) is 0 Å². The molecule has 3 nitrogen and oxygen atoms in total. The van der Waals surface area contributed by atoms with Gasteiger partial charge in [0.25, 0.3) is 0 Å². The molecule has 2 aliphatic rings. The third-order valence-electron chi connectivity index (χ3n) is 4.80. The van der Waals surface area contributed by atoms with E-state index in [0.717, 1.165) is 29.8 Å². The molecule has 3 rings (SSSR count). The lowest BCUT2D eigenvalue weighted by Gasteiger charge is -2.38. The predicted molar refractivity (Wildman–Crippen MR) is 80.5 cm³/mol. The topological polar surface area (TPSA) is 32.3 Å². The Balaban J connectivity index is 1.94. The zero-order valence-corrected chi connectivity index (χ0v) is 12.8. The van der Waals surface area contributed by atoms with E-state index in [9.17, 15) is 4.79 Å². The van der Waals surface area contributed by atoms with Gasteiger partial charge in [0.1, 0.15) is 6.17 Å². The summed E-state index contributed by atoms with van der Waals surface area (Å²) in [7, 11) is 0. The van der Waals surface area contributed by atoms with Gasteiger partial charge >= 0.3 is 0 Å². The summed E-state index contributed by atoms with van der Waals surface area (Å²) >= 11 is 5.97. The Kier molecular flexibility index (Phi) is 3.51. The standard InChI is InChI=1S/C16H21ClN2O/c1-3-16(2)15(20)19(13-5-4-6-13)14(18-16)11-7-9-12(17)10-8-11/h7-10,13-14,18H,3-6H2,1-2H3. The summed E-state index contributed by atoms with van der Waals surface area (Å²) in [5.74, 6) is 0.240. The van der Waals surface area contributed by atoms with Crippen molar-refractivity contribution in [2.45, 2.75) is 57.3 Å². The van der Waals surface area contributed by atoms with E-state index < -0.39 is 5.54 Å². The van der Waals surface area contributed by atoms with Gasteiger partial charge in [-0.1, -0.05) is 30.7 Å². The van der Waals surface area contributed by atoms with Gasteiger partial charge in [-0.2, -0.15) is 0 Å². The number of amides is 1. The maximum Gasteiger partial charge on any atom is 0.244 e. The van der Waals surface area contributed by atoms with Crippen LogP contribution in [0.3, 0.4) is 0 Å². The first kappa shape index (κ1) is 13.9. The lowest BCUT2D eigenvalue weighted by atomic mass is 9.89. The molecule has 2 unspecified atom stereocenters. The Bertz CT molecular complexity index is 512. The third kappa shape index (κ3) is 2.13. The molecule has 2 atom stereocenters. The number of hydrogen-bond acceptors (Lipinski definition) is 2. The van der Waals surface area contributed by atoms with E-state index in [2.05, 4.69) is 17.1 Å². The van der Waals surface area contributed by atoms with Gasteiger partial charge in [0, 0.05) is 11.1 Å². The summed E-state index contributed by atoms with van der Waals surface area (Å²) in [6.45, 7) is 4.07. The molecule has 0 radical (unpaired) electrons. The van der Waals surface area contributed by atoms with Crippen LogP contribution in [0.2, 0.25) is 5.02 Å². The SMILES string of the molecule is CCC1(C)NC(c2ccc(Cl)cc2)N(C2CCC2)C1=O. The summed E-state index contributed by atoms with van der Waals surface area (Å²) in [6.07, 6.45) is 4.26. The van der Waals surface area contributed by atoms with Gasteiger partial charge in [-0.15, -0.1) is 0 Å². The van der Waals surface area contributed by atoms with Gasteiger partial charge in [0.05, 0.1) is 5.54 Å². The van der Waals surface area contributed by atoms with Crippen molar-refractivity contribution < 1.29 is 4.79 Å². The molecule has 1 aromatic carbocycles. The Hall–Kier alpha value is -1.06. The number of carbonyl (C=O) groups excluding carboxylic acids is 1. The molecule has 1 N–H and O–H groups in total. The van der Waals surface area contributed by atoms with E-state index in [4.69, 9.17) is 11.6 Å². The molecule has 1 saturated heterocycles. The second-order valence-electron chi connectivity index (χ2n) is 6.08. The van der Waals surface area contributed by atoms with Crippen LogP contribution in [0.1, 0.15) is 51.3 Å². The number of halogens is 1. The fraction of sp³-hybridized carbons (Fsp3) is 0.562. The van der Waals surface area contributed by atoms with Crippen molar-refractivity contribution >= 4 is 17.5 Å². The van der Waals surface area contributed by atoms with E-state index in [-0.39, 0.29) is 12.1 Å². The van der Waals surface area contributed by atoms with E-state index in [0.29, 0.717) is 6.04 Å². The molecule has 2 fully saturated rings. The lowest BCUT2D eigenvalue weighted by Crippen LogP contribution is -2.46. The van der Waals surface area contributed by atoms with Crippen LogP contribution >= 0.6 is 11.6 Å². The Morgan fingerprint density at radius 3 is 2.50 bits per heavy atom. The first-order valence-electron chi connectivity index (χ1n) is 7.41. The number of hydrogen-bond donors (Lipinski definition) is 1. The van der Waals surface area contributed by atoms with E-state index >= 15 is 0 Å². The van der Waals surface area contributed by atoms with E-state index in [1.165, 1.54) is 6.42 Å². The molecular formula is C16H21ClN2O. The number of nitrogens with one attached hydrogen (secondary N) is 1. The van der Waals surface area contributed by atoms with Crippen LogP contribution in [0.25, 0.3) is 0 Å². The van der Waals surface area contributed by atoms with Crippen molar-refractivity contribution in [1.82, 2.24) is 10.2 Å². The molecule has 108 valence electrons. The molecule has 0 bridgehead atoms. The zero-order valence-electron chi connectivity index (χ0n) is 12.0. The summed E-state index contributed by atoms with van der Waals surface area (Å²) in [5, 5.41) is 4.26. The summed E-state index contributed by atoms with van der Waals surface area (Å²) in [6, 6.07) is 8.21. The minimum Gasteiger partial charge on any atom is -0.318 e. The summed E-state index contributed by atoms with van der Waals surface area (Å²) in [5.41, 5.74) is 0.673. The highest BCUT2D eigenvalue weighted by Crippen LogP contribution is 2.39.